The lowest BCUT2D eigenvalue weighted by molar-refractivity contribution is -0.125. The van der Waals surface area contributed by atoms with Crippen LogP contribution in [0.1, 0.15) is 33.1 Å². The van der Waals surface area contributed by atoms with Crippen LogP contribution in [0.5, 0.6) is 0 Å². The van der Waals surface area contributed by atoms with Crippen molar-refractivity contribution in [2.75, 3.05) is 6.54 Å². The second-order valence-corrected chi connectivity index (χ2v) is 3.93. The lowest BCUT2D eigenvalue weighted by Gasteiger charge is -2.13. The van der Waals surface area contributed by atoms with Gasteiger partial charge in [0, 0.05) is 12.5 Å². The van der Waals surface area contributed by atoms with Crippen molar-refractivity contribution < 1.29 is 9.90 Å². The lowest BCUT2D eigenvalue weighted by atomic mass is 10.1. The molecule has 0 heterocycles. The van der Waals surface area contributed by atoms with Gasteiger partial charge in [-0.3, -0.25) is 4.79 Å². The Morgan fingerprint density at radius 2 is 2.23 bits per heavy atom. The van der Waals surface area contributed by atoms with Crippen molar-refractivity contribution in [2.24, 2.45) is 11.8 Å². The molecule has 0 saturated heterocycles. The highest BCUT2D eigenvalue weighted by Gasteiger charge is 2.32. The lowest BCUT2D eigenvalue weighted by Crippen LogP contribution is -2.35. The Morgan fingerprint density at radius 3 is 2.69 bits per heavy atom. The third kappa shape index (κ3) is 3.35. The number of hydrogen-bond acceptors (Lipinski definition) is 2. The second kappa shape index (κ2) is 4.61. The summed E-state index contributed by atoms with van der Waals surface area (Å²) in [6.07, 6.45) is 2.67. The van der Waals surface area contributed by atoms with Gasteiger partial charge in [0.05, 0.1) is 6.10 Å². The van der Waals surface area contributed by atoms with E-state index in [0.717, 1.165) is 0 Å². The number of carbonyl (C=O) groups excluding carboxylic acids is 1. The molecule has 76 valence electrons. The van der Waals surface area contributed by atoms with Gasteiger partial charge in [0.15, 0.2) is 0 Å². The molecule has 1 saturated carbocycles. The summed E-state index contributed by atoms with van der Waals surface area (Å²) in [6, 6.07) is 0. The van der Waals surface area contributed by atoms with Crippen molar-refractivity contribution in [2.45, 2.75) is 39.2 Å². The molecule has 0 spiro atoms. The first-order valence-corrected chi connectivity index (χ1v) is 5.11. The molecule has 0 aliphatic heterocycles. The van der Waals surface area contributed by atoms with Crippen molar-refractivity contribution in [3.63, 3.8) is 0 Å². The van der Waals surface area contributed by atoms with Crippen LogP contribution in [0.15, 0.2) is 0 Å². The van der Waals surface area contributed by atoms with Gasteiger partial charge in [-0.15, -0.1) is 0 Å². The van der Waals surface area contributed by atoms with Crippen molar-refractivity contribution >= 4 is 5.91 Å². The molecule has 3 heteroatoms. The summed E-state index contributed by atoms with van der Waals surface area (Å²) in [5, 5.41) is 12.0. The summed E-state index contributed by atoms with van der Waals surface area (Å²) in [6.45, 7) is 4.26. The molecule has 0 aromatic rings. The van der Waals surface area contributed by atoms with Crippen LogP contribution in [-0.2, 0) is 4.79 Å². The average Bonchev–Trinajstić information content (AvgIpc) is 2.95. The van der Waals surface area contributed by atoms with Gasteiger partial charge in [0.2, 0.25) is 5.91 Å². The van der Waals surface area contributed by atoms with Gasteiger partial charge in [0.1, 0.15) is 0 Å². The van der Waals surface area contributed by atoms with Gasteiger partial charge >= 0.3 is 0 Å². The molecule has 2 atom stereocenters. The minimum absolute atomic E-state index is 0.0926. The fraction of sp³-hybridized carbons (Fsp3) is 0.900. The van der Waals surface area contributed by atoms with Gasteiger partial charge in [-0.25, -0.2) is 0 Å². The molecular formula is C10H19NO2. The van der Waals surface area contributed by atoms with E-state index in [1.807, 2.05) is 13.8 Å². The van der Waals surface area contributed by atoms with Crippen LogP contribution < -0.4 is 5.32 Å². The highest BCUT2D eigenvalue weighted by Crippen LogP contribution is 2.36. The Balaban J connectivity index is 2.16. The second-order valence-electron chi connectivity index (χ2n) is 3.93. The first-order chi connectivity index (χ1) is 6.15. The van der Waals surface area contributed by atoms with E-state index in [1.165, 1.54) is 12.8 Å². The molecule has 1 aliphatic rings. The molecule has 13 heavy (non-hydrogen) atoms. The van der Waals surface area contributed by atoms with Gasteiger partial charge in [-0.2, -0.15) is 0 Å². The smallest absolute Gasteiger partial charge is 0.223 e. The molecule has 0 aromatic carbocycles. The molecule has 2 N–H and O–H groups in total. The van der Waals surface area contributed by atoms with Crippen LogP contribution in [-0.4, -0.2) is 23.7 Å². The molecule has 3 nitrogen and oxygen atoms in total. The van der Waals surface area contributed by atoms with Crippen LogP contribution in [0.25, 0.3) is 0 Å². The van der Waals surface area contributed by atoms with Gasteiger partial charge in [-0.05, 0) is 25.2 Å². The summed E-state index contributed by atoms with van der Waals surface area (Å²) in [7, 11) is 0. The molecule has 1 aliphatic carbocycles. The minimum atomic E-state index is -0.393. The minimum Gasteiger partial charge on any atom is -0.391 e. The van der Waals surface area contributed by atoms with Crippen molar-refractivity contribution in [1.82, 2.24) is 5.32 Å². The standard InChI is InChI=1S/C10H19NO2/c1-3-9(12)6-11-10(13)7(2)8-4-5-8/h7-9,12H,3-6H2,1-2H3,(H,11,13). The number of rotatable bonds is 5. The molecule has 0 bridgehead atoms. The first-order valence-electron chi connectivity index (χ1n) is 5.11. The van der Waals surface area contributed by atoms with Crippen LogP contribution in [0, 0.1) is 11.8 Å². The zero-order chi connectivity index (χ0) is 9.84. The summed E-state index contributed by atoms with van der Waals surface area (Å²) >= 11 is 0. The van der Waals surface area contributed by atoms with Gasteiger partial charge < -0.3 is 10.4 Å². The number of aliphatic hydroxyl groups is 1. The predicted molar refractivity (Wildman–Crippen MR) is 51.2 cm³/mol. The van der Waals surface area contributed by atoms with E-state index < -0.39 is 6.10 Å². The summed E-state index contributed by atoms with van der Waals surface area (Å²) in [4.78, 5) is 11.4. The maximum Gasteiger partial charge on any atom is 0.223 e. The topological polar surface area (TPSA) is 49.3 Å². The Labute approximate surface area is 79.5 Å². The van der Waals surface area contributed by atoms with Crippen molar-refractivity contribution in [3.05, 3.63) is 0 Å². The highest BCUT2D eigenvalue weighted by atomic mass is 16.3. The quantitative estimate of drug-likeness (QED) is 0.669. The zero-order valence-corrected chi connectivity index (χ0v) is 8.42. The Bertz CT molecular complexity index is 178. The maximum absolute atomic E-state index is 11.4. The number of amides is 1. The molecule has 0 radical (unpaired) electrons. The van der Waals surface area contributed by atoms with Crippen molar-refractivity contribution in [3.8, 4) is 0 Å². The van der Waals surface area contributed by atoms with Crippen LogP contribution in [0.4, 0.5) is 0 Å². The average molecular weight is 185 g/mol. The Morgan fingerprint density at radius 1 is 1.62 bits per heavy atom. The number of aliphatic hydroxyl groups excluding tert-OH is 1. The maximum atomic E-state index is 11.4. The third-order valence-corrected chi connectivity index (χ3v) is 2.73. The molecule has 2 unspecified atom stereocenters. The van der Waals surface area contributed by atoms with E-state index in [4.69, 9.17) is 0 Å². The highest BCUT2D eigenvalue weighted by molar-refractivity contribution is 5.78. The summed E-state index contributed by atoms with van der Waals surface area (Å²) in [5.41, 5.74) is 0. The van der Waals surface area contributed by atoms with E-state index in [9.17, 15) is 9.90 Å². The third-order valence-electron chi connectivity index (χ3n) is 2.73. The fourth-order valence-corrected chi connectivity index (χ4v) is 1.33. The predicted octanol–water partition coefficient (Wildman–Crippen LogP) is 0.920. The number of hydrogen-bond donors (Lipinski definition) is 2. The van der Waals surface area contributed by atoms with Gasteiger partial charge in [0.25, 0.3) is 0 Å². The SMILES string of the molecule is CCC(O)CNC(=O)C(C)C1CC1. The van der Waals surface area contributed by atoms with E-state index >= 15 is 0 Å². The number of nitrogens with one attached hydrogen (secondary N) is 1. The summed E-state index contributed by atoms with van der Waals surface area (Å²) in [5.74, 6) is 0.817. The molecule has 0 aromatic heterocycles. The molecular weight excluding hydrogens is 166 g/mol. The number of carbonyl (C=O) groups is 1. The van der Waals surface area contributed by atoms with Gasteiger partial charge in [-0.1, -0.05) is 13.8 Å². The first kappa shape index (κ1) is 10.5. The molecule has 1 fully saturated rings. The van der Waals surface area contributed by atoms with E-state index in [1.54, 1.807) is 0 Å². The monoisotopic (exact) mass is 185 g/mol. The Hall–Kier alpha value is -0.570. The molecule has 1 rings (SSSR count). The van der Waals surface area contributed by atoms with E-state index in [0.29, 0.717) is 18.9 Å². The molecule has 1 amide bonds. The van der Waals surface area contributed by atoms with Crippen molar-refractivity contribution in [1.29, 1.82) is 0 Å². The van der Waals surface area contributed by atoms with E-state index in [2.05, 4.69) is 5.32 Å². The van der Waals surface area contributed by atoms with Crippen LogP contribution in [0.2, 0.25) is 0 Å². The largest absolute Gasteiger partial charge is 0.391 e. The van der Waals surface area contributed by atoms with Crippen LogP contribution in [0.3, 0.4) is 0 Å². The normalized spacial score (nSPS) is 20.8. The summed E-state index contributed by atoms with van der Waals surface area (Å²) < 4.78 is 0. The fourth-order valence-electron chi connectivity index (χ4n) is 1.33. The zero-order valence-electron chi connectivity index (χ0n) is 8.42. The Kier molecular flexibility index (Phi) is 3.72. The van der Waals surface area contributed by atoms with Crippen LogP contribution >= 0.6 is 0 Å². The van der Waals surface area contributed by atoms with E-state index in [-0.39, 0.29) is 11.8 Å².